The van der Waals surface area contributed by atoms with Crippen LogP contribution < -0.4 is 5.63 Å². The summed E-state index contributed by atoms with van der Waals surface area (Å²) in [5.74, 6) is 0.718. The Morgan fingerprint density at radius 3 is 2.38 bits per heavy atom. The molecule has 1 aliphatic heterocycles. The molecule has 5 rings (SSSR count). The van der Waals surface area contributed by atoms with E-state index in [2.05, 4.69) is 4.90 Å². The molecule has 1 aliphatic rings. The van der Waals surface area contributed by atoms with Gasteiger partial charge in [0.25, 0.3) is 0 Å². The predicted octanol–water partition coefficient (Wildman–Crippen LogP) is 3.50. The molecule has 3 heterocycles. The lowest BCUT2D eigenvalue weighted by atomic mass is 9.98. The fourth-order valence-electron chi connectivity index (χ4n) is 4.89. The maximum atomic E-state index is 13.0. The van der Waals surface area contributed by atoms with E-state index in [1.807, 2.05) is 50.2 Å². The van der Waals surface area contributed by atoms with E-state index in [-0.39, 0.29) is 18.9 Å². The molecule has 176 valence electrons. The number of hydrogen-bond donors (Lipinski definition) is 1. The number of benzene rings is 2. The van der Waals surface area contributed by atoms with Crippen molar-refractivity contribution in [3.05, 3.63) is 69.8 Å². The number of carbonyl (C=O) groups excluding carboxylic acids is 1. The number of fused-ring (bicyclic) bond motifs is 2. The molecule has 0 radical (unpaired) electrons. The molecular weight excluding hydrogens is 432 g/mol. The van der Waals surface area contributed by atoms with Gasteiger partial charge in [-0.25, -0.2) is 4.79 Å². The van der Waals surface area contributed by atoms with Crippen molar-refractivity contribution in [1.82, 2.24) is 9.80 Å². The summed E-state index contributed by atoms with van der Waals surface area (Å²) in [7, 11) is 0. The Balaban J connectivity index is 1.51. The first-order valence-corrected chi connectivity index (χ1v) is 11.6. The second-order valence-corrected chi connectivity index (χ2v) is 8.86. The number of β-amino-alcohol motifs (C(OH)–C–C–N with tert-alkyl or cyclic N) is 1. The monoisotopic (exact) mass is 460 g/mol. The van der Waals surface area contributed by atoms with Crippen LogP contribution >= 0.6 is 0 Å². The van der Waals surface area contributed by atoms with Gasteiger partial charge in [-0.3, -0.25) is 9.69 Å². The Kier molecular flexibility index (Phi) is 5.98. The molecule has 7 heteroatoms. The molecule has 0 aliphatic carbocycles. The molecule has 1 saturated heterocycles. The fourth-order valence-corrected chi connectivity index (χ4v) is 4.89. The summed E-state index contributed by atoms with van der Waals surface area (Å²) < 4.78 is 11.7. The van der Waals surface area contributed by atoms with Gasteiger partial charge in [0.05, 0.1) is 18.6 Å². The molecule has 0 saturated carbocycles. The molecule has 0 unspecified atom stereocenters. The number of aliphatic hydroxyl groups excluding tert-OH is 1. The van der Waals surface area contributed by atoms with E-state index in [1.54, 1.807) is 11.0 Å². The third kappa shape index (κ3) is 4.02. The zero-order valence-electron chi connectivity index (χ0n) is 19.5. The summed E-state index contributed by atoms with van der Waals surface area (Å²) in [6.45, 7) is 7.15. The number of hydrogen-bond acceptors (Lipinski definition) is 6. The Bertz CT molecular complexity index is 1410. The van der Waals surface area contributed by atoms with E-state index in [0.29, 0.717) is 36.4 Å². The van der Waals surface area contributed by atoms with Gasteiger partial charge >= 0.3 is 5.63 Å². The van der Waals surface area contributed by atoms with Gasteiger partial charge in [-0.1, -0.05) is 30.3 Å². The first-order chi connectivity index (χ1) is 16.5. The lowest BCUT2D eigenvalue weighted by Crippen LogP contribution is -2.49. The third-order valence-electron chi connectivity index (χ3n) is 6.80. The van der Waals surface area contributed by atoms with Crippen molar-refractivity contribution < 1.29 is 18.7 Å². The number of amides is 1. The van der Waals surface area contributed by atoms with Crippen LogP contribution in [0.25, 0.3) is 33.1 Å². The van der Waals surface area contributed by atoms with Crippen molar-refractivity contribution >= 4 is 27.8 Å². The Morgan fingerprint density at radius 1 is 0.971 bits per heavy atom. The topological polar surface area (TPSA) is 87.1 Å². The normalized spacial score (nSPS) is 14.9. The average molecular weight is 461 g/mol. The van der Waals surface area contributed by atoms with Gasteiger partial charge in [-0.15, -0.1) is 0 Å². The minimum absolute atomic E-state index is 0.0120. The quantitative estimate of drug-likeness (QED) is 0.459. The highest BCUT2D eigenvalue weighted by atomic mass is 16.4. The van der Waals surface area contributed by atoms with Crippen molar-refractivity contribution in [3.8, 4) is 11.1 Å². The molecule has 1 N–H and O–H groups in total. The van der Waals surface area contributed by atoms with E-state index in [4.69, 9.17) is 13.9 Å². The lowest BCUT2D eigenvalue weighted by molar-refractivity contribution is -0.132. The first-order valence-electron chi connectivity index (χ1n) is 11.6. The van der Waals surface area contributed by atoms with Crippen LogP contribution in [0.15, 0.2) is 56.1 Å². The molecule has 0 spiro atoms. The smallest absolute Gasteiger partial charge is 0.340 e. The van der Waals surface area contributed by atoms with Crippen LogP contribution in [0, 0.1) is 13.8 Å². The van der Waals surface area contributed by atoms with Crippen LogP contribution in [-0.4, -0.2) is 60.1 Å². The van der Waals surface area contributed by atoms with Crippen LogP contribution in [0.3, 0.4) is 0 Å². The van der Waals surface area contributed by atoms with Crippen molar-refractivity contribution in [1.29, 1.82) is 0 Å². The highest BCUT2D eigenvalue weighted by Crippen LogP contribution is 2.37. The van der Waals surface area contributed by atoms with E-state index >= 15 is 0 Å². The van der Waals surface area contributed by atoms with Crippen LogP contribution in [-0.2, 0) is 11.2 Å². The number of piperazine rings is 1. The molecule has 7 nitrogen and oxygen atoms in total. The highest BCUT2D eigenvalue weighted by molar-refractivity contribution is 6.03. The highest BCUT2D eigenvalue weighted by Gasteiger charge is 2.24. The third-order valence-corrected chi connectivity index (χ3v) is 6.80. The van der Waals surface area contributed by atoms with Crippen molar-refractivity contribution in [2.45, 2.75) is 20.3 Å². The Hall–Kier alpha value is -3.42. The number of nitrogens with zero attached hydrogens (tertiary/aromatic N) is 2. The molecule has 1 fully saturated rings. The SMILES string of the molecule is Cc1oc2cc3oc(=O)c(CC(=O)N4CCN(CCO)CC4)c(C)c3cc2c1-c1ccccc1. The summed E-state index contributed by atoms with van der Waals surface area (Å²) >= 11 is 0. The Labute approximate surface area is 197 Å². The lowest BCUT2D eigenvalue weighted by Gasteiger charge is -2.34. The van der Waals surface area contributed by atoms with Crippen LogP contribution in [0.5, 0.6) is 0 Å². The molecule has 0 bridgehead atoms. The second kappa shape index (κ2) is 9.08. The number of carbonyl (C=O) groups is 1. The summed E-state index contributed by atoms with van der Waals surface area (Å²) in [6.07, 6.45) is 0.0120. The largest absolute Gasteiger partial charge is 0.461 e. The van der Waals surface area contributed by atoms with Crippen LogP contribution in [0.4, 0.5) is 0 Å². The second-order valence-electron chi connectivity index (χ2n) is 8.86. The van der Waals surface area contributed by atoms with E-state index < -0.39 is 5.63 Å². The molecule has 4 aromatic rings. The number of rotatable bonds is 5. The molecule has 0 atom stereocenters. The molecule has 2 aromatic carbocycles. The summed E-state index contributed by atoms with van der Waals surface area (Å²) in [6, 6.07) is 13.8. The molecule has 34 heavy (non-hydrogen) atoms. The van der Waals surface area contributed by atoms with Gasteiger partial charge < -0.3 is 18.8 Å². The summed E-state index contributed by atoms with van der Waals surface area (Å²) in [5.41, 5.74) is 3.87. The van der Waals surface area contributed by atoms with E-state index in [1.165, 1.54) is 0 Å². The minimum atomic E-state index is -0.483. The van der Waals surface area contributed by atoms with Crippen molar-refractivity contribution in [2.24, 2.45) is 0 Å². The molecule has 2 aromatic heterocycles. The summed E-state index contributed by atoms with van der Waals surface area (Å²) in [5, 5.41) is 10.9. The molecule has 1 amide bonds. The van der Waals surface area contributed by atoms with E-state index in [0.717, 1.165) is 46.3 Å². The minimum Gasteiger partial charge on any atom is -0.461 e. The van der Waals surface area contributed by atoms with Gasteiger partial charge in [0, 0.05) is 55.1 Å². The maximum Gasteiger partial charge on any atom is 0.340 e. The maximum absolute atomic E-state index is 13.0. The predicted molar refractivity (Wildman–Crippen MR) is 131 cm³/mol. The van der Waals surface area contributed by atoms with Crippen molar-refractivity contribution in [2.75, 3.05) is 39.3 Å². The van der Waals surface area contributed by atoms with Gasteiger partial charge in [0.2, 0.25) is 5.91 Å². The standard InChI is InChI=1S/C27H28N2O5/c1-17-20-14-22-24(33-18(2)26(22)19-6-4-3-5-7-19)16-23(20)34-27(32)21(17)15-25(31)29-10-8-28(9-11-29)12-13-30/h3-7,14,16,30H,8-13,15H2,1-2H3. The van der Waals surface area contributed by atoms with Crippen LogP contribution in [0.2, 0.25) is 0 Å². The number of furan rings is 1. The zero-order chi connectivity index (χ0) is 23.8. The van der Waals surface area contributed by atoms with Gasteiger partial charge in [0.15, 0.2) is 0 Å². The number of aryl methyl sites for hydroxylation is 2. The zero-order valence-corrected chi connectivity index (χ0v) is 19.5. The molecular formula is C27H28N2O5. The summed E-state index contributed by atoms with van der Waals surface area (Å²) in [4.78, 5) is 29.7. The van der Waals surface area contributed by atoms with Gasteiger partial charge in [-0.2, -0.15) is 0 Å². The first kappa shape index (κ1) is 22.4. The van der Waals surface area contributed by atoms with Gasteiger partial charge in [0.1, 0.15) is 16.9 Å². The fraction of sp³-hybridized carbons (Fsp3) is 0.333. The van der Waals surface area contributed by atoms with Crippen molar-refractivity contribution in [3.63, 3.8) is 0 Å². The average Bonchev–Trinajstić information content (AvgIpc) is 3.16. The van der Waals surface area contributed by atoms with Crippen LogP contribution in [0.1, 0.15) is 16.9 Å². The van der Waals surface area contributed by atoms with Gasteiger partial charge in [-0.05, 0) is 31.0 Å². The van der Waals surface area contributed by atoms with E-state index in [9.17, 15) is 9.59 Å². The Morgan fingerprint density at radius 2 is 1.68 bits per heavy atom. The number of aliphatic hydroxyl groups is 1.